The molecule has 1 aliphatic heterocycles. The first-order chi connectivity index (χ1) is 21.2. The molecule has 1 saturated heterocycles. The highest BCUT2D eigenvalue weighted by Gasteiger charge is 2.24. The molecule has 0 unspecified atom stereocenters. The van der Waals surface area contributed by atoms with Gasteiger partial charge in [0, 0.05) is 23.8 Å². The molecule has 0 saturated carbocycles. The molecule has 0 spiro atoms. The second-order valence-electron chi connectivity index (χ2n) is 10.8. The third-order valence-electron chi connectivity index (χ3n) is 7.60. The lowest BCUT2D eigenvalue weighted by Crippen LogP contribution is -2.34. The van der Waals surface area contributed by atoms with Crippen LogP contribution >= 0.6 is 11.6 Å². The number of sulfone groups is 1. The van der Waals surface area contributed by atoms with Gasteiger partial charge in [-0.05, 0) is 84.0 Å². The van der Waals surface area contributed by atoms with Crippen LogP contribution in [0.25, 0.3) is 22.0 Å². The van der Waals surface area contributed by atoms with Crippen LogP contribution in [0.4, 0.5) is 15.9 Å². The summed E-state index contributed by atoms with van der Waals surface area (Å²) in [6.07, 6.45) is 4.37. The molecule has 3 heterocycles. The lowest BCUT2D eigenvalue weighted by molar-refractivity contribution is 0.0942. The number of nitrogens with one attached hydrogen (secondary N) is 3. The van der Waals surface area contributed by atoms with E-state index in [1.54, 1.807) is 36.5 Å². The monoisotopic (exact) mass is 633 g/mol. The first-order valence-electron chi connectivity index (χ1n) is 14.1. The van der Waals surface area contributed by atoms with Crippen molar-refractivity contribution in [1.82, 2.24) is 20.3 Å². The zero-order chi connectivity index (χ0) is 30.7. The molecule has 0 bridgehead atoms. The number of carbonyl (C=O) groups excluding carboxylic acids is 1. The average molecular weight is 634 g/mol. The van der Waals surface area contributed by atoms with Gasteiger partial charge in [0.05, 0.1) is 22.0 Å². The van der Waals surface area contributed by atoms with Gasteiger partial charge in [-0.15, -0.1) is 0 Å². The Morgan fingerprint density at radius 1 is 1.02 bits per heavy atom. The Kier molecular flexibility index (Phi) is 8.49. The summed E-state index contributed by atoms with van der Waals surface area (Å²) in [5, 5.41) is 7.38. The summed E-state index contributed by atoms with van der Waals surface area (Å²) in [6, 6.07) is 19.0. The number of rotatable bonds is 9. The highest BCUT2D eigenvalue weighted by atomic mass is 35.5. The fourth-order valence-electron chi connectivity index (χ4n) is 5.12. The molecule has 12 heteroatoms. The third-order valence-corrected chi connectivity index (χ3v) is 9.61. The Bertz CT molecular complexity index is 1930. The van der Waals surface area contributed by atoms with E-state index in [2.05, 4.69) is 25.6 Å². The smallest absolute Gasteiger partial charge is 0.267 e. The predicted molar refractivity (Wildman–Crippen MR) is 169 cm³/mol. The first kappa shape index (κ1) is 29.6. The van der Waals surface area contributed by atoms with E-state index in [0.717, 1.165) is 22.0 Å². The number of amides is 1. The zero-order valence-electron chi connectivity index (χ0n) is 23.5. The van der Waals surface area contributed by atoms with Crippen molar-refractivity contribution in [3.8, 4) is 16.9 Å². The van der Waals surface area contributed by atoms with Gasteiger partial charge >= 0.3 is 0 Å². The molecule has 2 aromatic heterocycles. The number of hydrogen-bond donors (Lipinski definition) is 3. The van der Waals surface area contributed by atoms with Crippen molar-refractivity contribution < 1.29 is 22.3 Å². The maximum atomic E-state index is 13.5. The highest BCUT2D eigenvalue weighted by molar-refractivity contribution is 7.91. The normalized spacial score (nSPS) is 14.8. The molecule has 1 amide bonds. The minimum absolute atomic E-state index is 0.155. The second kappa shape index (κ2) is 12.6. The van der Waals surface area contributed by atoms with Gasteiger partial charge in [-0.25, -0.2) is 22.8 Å². The standard InChI is InChI=1S/C32H29ClFN5O4S/c33-27-15-25(5-7-30(27)43-18-21-2-1-3-24(34)12-21)39-31-26-13-22(4-6-28(26)37-19-38-31)23-14-29(35-17-23)32(40)36-16-20-8-10-44(41,42)11-9-20/h1-7,12-15,17,19-20,35H,8-11,16,18H2,(H,36,40)(H,37,38,39). The van der Waals surface area contributed by atoms with Crippen LogP contribution in [0.2, 0.25) is 5.02 Å². The van der Waals surface area contributed by atoms with E-state index in [-0.39, 0.29) is 35.8 Å². The molecular formula is C32H29ClFN5O4S. The SMILES string of the molecule is O=C(NCC1CCS(=O)(=O)CC1)c1cc(-c2ccc3ncnc(Nc4ccc(OCc5cccc(F)c5)c(Cl)c4)c3c2)c[nH]1. The van der Waals surface area contributed by atoms with Crippen LogP contribution in [0.3, 0.4) is 0 Å². The van der Waals surface area contributed by atoms with Gasteiger partial charge in [0.1, 0.15) is 45.8 Å². The van der Waals surface area contributed by atoms with Crippen LogP contribution in [0.15, 0.2) is 79.3 Å². The van der Waals surface area contributed by atoms with Crippen molar-refractivity contribution in [2.45, 2.75) is 19.4 Å². The summed E-state index contributed by atoms with van der Waals surface area (Å²) in [4.78, 5) is 24.7. The van der Waals surface area contributed by atoms with E-state index in [4.69, 9.17) is 16.3 Å². The molecule has 226 valence electrons. The van der Waals surface area contributed by atoms with Crippen molar-refractivity contribution >= 4 is 49.8 Å². The molecular weight excluding hydrogens is 605 g/mol. The molecule has 9 nitrogen and oxygen atoms in total. The van der Waals surface area contributed by atoms with Crippen LogP contribution in [-0.4, -0.2) is 47.3 Å². The molecule has 3 aromatic carbocycles. The predicted octanol–water partition coefficient (Wildman–Crippen LogP) is 6.29. The fraction of sp³-hybridized carbons (Fsp3) is 0.219. The second-order valence-corrected chi connectivity index (χ2v) is 13.5. The molecule has 6 rings (SSSR count). The van der Waals surface area contributed by atoms with E-state index in [9.17, 15) is 17.6 Å². The number of H-pyrrole nitrogens is 1. The fourth-order valence-corrected chi connectivity index (χ4v) is 6.95. The van der Waals surface area contributed by atoms with Crippen molar-refractivity contribution in [3.05, 3.63) is 101 Å². The van der Waals surface area contributed by atoms with Crippen LogP contribution in [0.1, 0.15) is 28.9 Å². The summed E-state index contributed by atoms with van der Waals surface area (Å²) in [7, 11) is -2.94. The van der Waals surface area contributed by atoms with E-state index < -0.39 is 9.84 Å². The number of aromatic nitrogens is 3. The van der Waals surface area contributed by atoms with E-state index in [1.165, 1.54) is 18.5 Å². The Labute approximate surface area is 258 Å². The summed E-state index contributed by atoms with van der Waals surface area (Å²) in [5.74, 6) is 0.978. The first-order valence-corrected chi connectivity index (χ1v) is 16.3. The van der Waals surface area contributed by atoms with Gasteiger partial charge in [-0.2, -0.15) is 0 Å². The number of aromatic amines is 1. The van der Waals surface area contributed by atoms with Gasteiger partial charge in [0.15, 0.2) is 0 Å². The van der Waals surface area contributed by atoms with E-state index in [0.29, 0.717) is 52.9 Å². The van der Waals surface area contributed by atoms with Crippen molar-refractivity contribution in [2.24, 2.45) is 5.92 Å². The molecule has 5 aromatic rings. The van der Waals surface area contributed by atoms with E-state index >= 15 is 0 Å². The third kappa shape index (κ3) is 7.00. The number of halogens is 2. The van der Waals surface area contributed by atoms with E-state index in [1.807, 2.05) is 24.3 Å². The van der Waals surface area contributed by atoms with Crippen LogP contribution in [0, 0.1) is 11.7 Å². The summed E-state index contributed by atoms with van der Waals surface area (Å²) < 4.78 is 42.6. The molecule has 44 heavy (non-hydrogen) atoms. The van der Waals surface area contributed by atoms with Gasteiger partial charge < -0.3 is 20.4 Å². The van der Waals surface area contributed by atoms with Crippen molar-refractivity contribution in [3.63, 3.8) is 0 Å². The maximum Gasteiger partial charge on any atom is 0.267 e. The van der Waals surface area contributed by atoms with Gasteiger partial charge in [-0.1, -0.05) is 29.8 Å². The minimum atomic E-state index is -2.94. The number of carbonyl (C=O) groups is 1. The number of hydrogen-bond acceptors (Lipinski definition) is 7. The zero-order valence-corrected chi connectivity index (χ0v) is 25.1. The Morgan fingerprint density at radius 3 is 2.66 bits per heavy atom. The number of ether oxygens (including phenoxy) is 1. The largest absolute Gasteiger partial charge is 0.487 e. The van der Waals surface area contributed by atoms with Crippen LogP contribution < -0.4 is 15.4 Å². The van der Waals surface area contributed by atoms with Crippen LogP contribution in [-0.2, 0) is 16.4 Å². The Hall–Kier alpha value is -4.48. The molecule has 3 N–H and O–H groups in total. The molecule has 0 aliphatic carbocycles. The number of anilines is 2. The molecule has 1 aliphatic rings. The molecule has 0 radical (unpaired) electrons. The van der Waals surface area contributed by atoms with Gasteiger partial charge in [0.25, 0.3) is 5.91 Å². The minimum Gasteiger partial charge on any atom is -0.487 e. The van der Waals surface area contributed by atoms with Crippen molar-refractivity contribution in [2.75, 3.05) is 23.4 Å². The Morgan fingerprint density at radius 2 is 1.86 bits per heavy atom. The van der Waals surface area contributed by atoms with Crippen molar-refractivity contribution in [1.29, 1.82) is 0 Å². The maximum absolute atomic E-state index is 13.5. The van der Waals surface area contributed by atoms with Gasteiger partial charge in [0.2, 0.25) is 0 Å². The van der Waals surface area contributed by atoms with Crippen LogP contribution in [0.5, 0.6) is 5.75 Å². The van der Waals surface area contributed by atoms with Gasteiger partial charge in [-0.3, -0.25) is 4.79 Å². The average Bonchev–Trinajstić information content (AvgIpc) is 3.51. The number of fused-ring (bicyclic) bond motifs is 1. The lowest BCUT2D eigenvalue weighted by atomic mass is 10.0. The Balaban J connectivity index is 1.14. The summed E-state index contributed by atoms with van der Waals surface area (Å²) in [5.41, 5.74) is 4.21. The quantitative estimate of drug-likeness (QED) is 0.174. The topological polar surface area (TPSA) is 126 Å². The number of nitrogens with zero attached hydrogens (tertiary/aromatic N) is 2. The summed E-state index contributed by atoms with van der Waals surface area (Å²) in [6.45, 7) is 0.619. The summed E-state index contributed by atoms with van der Waals surface area (Å²) >= 11 is 6.49. The number of benzene rings is 3. The lowest BCUT2D eigenvalue weighted by Gasteiger charge is -2.21. The molecule has 0 atom stereocenters. The molecule has 1 fully saturated rings. The highest BCUT2D eigenvalue weighted by Crippen LogP contribution is 2.32.